The molecule has 1 amide bonds. The number of halogens is 1. The van der Waals surface area contributed by atoms with Crippen molar-refractivity contribution in [2.75, 3.05) is 11.9 Å². The molecule has 132 valence electrons. The van der Waals surface area contributed by atoms with Crippen LogP contribution in [-0.2, 0) is 13.1 Å². The third-order valence-corrected chi connectivity index (χ3v) is 4.30. The van der Waals surface area contributed by atoms with Gasteiger partial charge in [-0.25, -0.2) is 4.98 Å². The number of benzene rings is 2. The van der Waals surface area contributed by atoms with E-state index in [0.29, 0.717) is 17.3 Å². The standard InChI is InChI=1S/C21H20ClN3O/c1-25(15-17-5-3-2-4-6-17)19-11-12-20(23-14-19)21(26)24-13-16-7-9-18(22)10-8-16/h2-12,14H,13,15H2,1H3,(H,24,26). The minimum atomic E-state index is -0.197. The van der Waals surface area contributed by atoms with Gasteiger partial charge >= 0.3 is 0 Å². The monoisotopic (exact) mass is 365 g/mol. The van der Waals surface area contributed by atoms with Gasteiger partial charge in [-0.1, -0.05) is 54.1 Å². The van der Waals surface area contributed by atoms with E-state index < -0.39 is 0 Å². The third kappa shape index (κ3) is 4.83. The lowest BCUT2D eigenvalue weighted by molar-refractivity contribution is 0.0946. The van der Waals surface area contributed by atoms with Crippen molar-refractivity contribution in [2.45, 2.75) is 13.1 Å². The number of hydrogen-bond donors (Lipinski definition) is 1. The molecule has 0 aliphatic carbocycles. The molecule has 0 aliphatic heterocycles. The summed E-state index contributed by atoms with van der Waals surface area (Å²) in [5.41, 5.74) is 3.57. The maximum Gasteiger partial charge on any atom is 0.270 e. The van der Waals surface area contributed by atoms with Gasteiger partial charge < -0.3 is 10.2 Å². The highest BCUT2D eigenvalue weighted by Gasteiger charge is 2.09. The molecule has 0 saturated heterocycles. The Kier molecular flexibility index (Phi) is 5.87. The van der Waals surface area contributed by atoms with Crippen molar-refractivity contribution in [3.05, 3.63) is 94.8 Å². The van der Waals surface area contributed by atoms with Crippen molar-refractivity contribution in [1.82, 2.24) is 10.3 Å². The Balaban J connectivity index is 1.57. The largest absolute Gasteiger partial charge is 0.369 e. The number of aromatic nitrogens is 1. The van der Waals surface area contributed by atoms with Crippen LogP contribution in [0.15, 0.2) is 72.9 Å². The van der Waals surface area contributed by atoms with Gasteiger partial charge in [0.2, 0.25) is 0 Å². The smallest absolute Gasteiger partial charge is 0.270 e. The molecule has 0 fully saturated rings. The quantitative estimate of drug-likeness (QED) is 0.708. The fraction of sp³-hybridized carbons (Fsp3) is 0.143. The Hall–Kier alpha value is -2.85. The molecule has 5 heteroatoms. The maximum atomic E-state index is 12.2. The van der Waals surface area contributed by atoms with Gasteiger partial charge in [0.1, 0.15) is 5.69 Å². The van der Waals surface area contributed by atoms with Crippen molar-refractivity contribution in [1.29, 1.82) is 0 Å². The molecule has 0 bridgehead atoms. The SMILES string of the molecule is CN(Cc1ccccc1)c1ccc(C(=O)NCc2ccc(Cl)cc2)nc1. The molecule has 0 atom stereocenters. The number of hydrogen-bond acceptors (Lipinski definition) is 3. The Bertz CT molecular complexity index is 849. The molecular formula is C21H20ClN3O. The number of rotatable bonds is 6. The fourth-order valence-corrected chi connectivity index (χ4v) is 2.70. The first-order valence-electron chi connectivity index (χ1n) is 8.35. The number of nitrogens with zero attached hydrogens (tertiary/aromatic N) is 2. The molecule has 3 aromatic rings. The predicted molar refractivity (Wildman–Crippen MR) is 105 cm³/mol. The van der Waals surface area contributed by atoms with E-state index in [1.165, 1.54) is 5.56 Å². The van der Waals surface area contributed by atoms with E-state index in [9.17, 15) is 4.79 Å². The average Bonchev–Trinajstić information content (AvgIpc) is 2.68. The second-order valence-electron chi connectivity index (χ2n) is 6.05. The van der Waals surface area contributed by atoms with Gasteiger partial charge in [0.05, 0.1) is 11.9 Å². The van der Waals surface area contributed by atoms with Gasteiger partial charge in [-0.15, -0.1) is 0 Å². The number of amides is 1. The average molecular weight is 366 g/mol. The van der Waals surface area contributed by atoms with Crippen LogP contribution in [-0.4, -0.2) is 17.9 Å². The minimum Gasteiger partial charge on any atom is -0.369 e. The zero-order valence-electron chi connectivity index (χ0n) is 14.5. The lowest BCUT2D eigenvalue weighted by Crippen LogP contribution is -2.24. The summed E-state index contributed by atoms with van der Waals surface area (Å²) in [4.78, 5) is 18.6. The van der Waals surface area contributed by atoms with E-state index in [0.717, 1.165) is 17.8 Å². The summed E-state index contributed by atoms with van der Waals surface area (Å²) >= 11 is 5.86. The normalized spacial score (nSPS) is 10.4. The summed E-state index contributed by atoms with van der Waals surface area (Å²) in [6.07, 6.45) is 1.72. The highest BCUT2D eigenvalue weighted by atomic mass is 35.5. The molecular weight excluding hydrogens is 346 g/mol. The van der Waals surface area contributed by atoms with E-state index in [2.05, 4.69) is 27.3 Å². The van der Waals surface area contributed by atoms with E-state index in [-0.39, 0.29) is 5.91 Å². The van der Waals surface area contributed by atoms with Crippen LogP contribution in [0.3, 0.4) is 0 Å². The molecule has 0 radical (unpaired) electrons. The summed E-state index contributed by atoms with van der Waals surface area (Å²) in [5.74, 6) is -0.197. The summed E-state index contributed by atoms with van der Waals surface area (Å²) in [5, 5.41) is 3.54. The Morgan fingerprint density at radius 1 is 1.00 bits per heavy atom. The van der Waals surface area contributed by atoms with Gasteiger partial charge in [-0.05, 0) is 35.4 Å². The van der Waals surface area contributed by atoms with E-state index in [4.69, 9.17) is 11.6 Å². The third-order valence-electron chi connectivity index (χ3n) is 4.05. The van der Waals surface area contributed by atoms with Crippen molar-refractivity contribution in [3.63, 3.8) is 0 Å². The fourth-order valence-electron chi connectivity index (χ4n) is 2.57. The van der Waals surface area contributed by atoms with Crippen molar-refractivity contribution in [2.24, 2.45) is 0 Å². The second-order valence-corrected chi connectivity index (χ2v) is 6.49. The first kappa shape index (κ1) is 18.0. The lowest BCUT2D eigenvalue weighted by Gasteiger charge is -2.19. The molecule has 1 N–H and O–H groups in total. The Morgan fingerprint density at radius 3 is 2.38 bits per heavy atom. The number of carbonyl (C=O) groups excluding carboxylic acids is 1. The number of pyridine rings is 1. The van der Waals surface area contributed by atoms with Gasteiger partial charge in [0.25, 0.3) is 5.91 Å². The predicted octanol–water partition coefficient (Wildman–Crippen LogP) is 4.30. The van der Waals surface area contributed by atoms with Crippen molar-refractivity contribution in [3.8, 4) is 0 Å². The van der Waals surface area contributed by atoms with Crippen LogP contribution in [0, 0.1) is 0 Å². The topological polar surface area (TPSA) is 45.2 Å². The minimum absolute atomic E-state index is 0.197. The molecule has 4 nitrogen and oxygen atoms in total. The van der Waals surface area contributed by atoms with Crippen LogP contribution in [0.2, 0.25) is 5.02 Å². The zero-order valence-corrected chi connectivity index (χ0v) is 15.3. The molecule has 2 aromatic carbocycles. The molecule has 0 aliphatic rings. The zero-order chi connectivity index (χ0) is 18.4. The van der Waals surface area contributed by atoms with Crippen molar-refractivity contribution >= 4 is 23.2 Å². The molecule has 0 saturated carbocycles. The molecule has 0 spiro atoms. The number of anilines is 1. The van der Waals surface area contributed by atoms with Gasteiger partial charge in [-0.3, -0.25) is 4.79 Å². The number of carbonyl (C=O) groups is 1. The van der Waals surface area contributed by atoms with Crippen LogP contribution >= 0.6 is 11.6 Å². The highest BCUT2D eigenvalue weighted by molar-refractivity contribution is 6.30. The Labute approximate surface area is 158 Å². The summed E-state index contributed by atoms with van der Waals surface area (Å²) < 4.78 is 0. The maximum absolute atomic E-state index is 12.2. The summed E-state index contributed by atoms with van der Waals surface area (Å²) in [6, 6.07) is 21.3. The highest BCUT2D eigenvalue weighted by Crippen LogP contribution is 2.15. The number of nitrogens with one attached hydrogen (secondary N) is 1. The van der Waals surface area contributed by atoms with Crippen LogP contribution < -0.4 is 10.2 Å². The molecule has 1 aromatic heterocycles. The van der Waals surface area contributed by atoms with E-state index in [1.807, 2.05) is 43.4 Å². The first-order valence-corrected chi connectivity index (χ1v) is 8.73. The van der Waals surface area contributed by atoms with Crippen molar-refractivity contribution < 1.29 is 4.79 Å². The molecule has 0 unspecified atom stereocenters. The van der Waals surface area contributed by atoms with Crippen LogP contribution in [0.5, 0.6) is 0 Å². The Morgan fingerprint density at radius 2 is 1.73 bits per heavy atom. The molecule has 1 heterocycles. The molecule has 3 rings (SSSR count). The van der Waals surface area contributed by atoms with Gasteiger partial charge in [-0.2, -0.15) is 0 Å². The summed E-state index contributed by atoms with van der Waals surface area (Å²) in [7, 11) is 2.00. The van der Waals surface area contributed by atoms with Crippen LogP contribution in [0.1, 0.15) is 21.6 Å². The van der Waals surface area contributed by atoms with E-state index in [1.54, 1.807) is 24.4 Å². The van der Waals surface area contributed by atoms with Gasteiger partial charge in [0, 0.05) is 25.2 Å². The molecule has 26 heavy (non-hydrogen) atoms. The van der Waals surface area contributed by atoms with E-state index >= 15 is 0 Å². The van der Waals surface area contributed by atoms with Crippen LogP contribution in [0.4, 0.5) is 5.69 Å². The second kappa shape index (κ2) is 8.50. The van der Waals surface area contributed by atoms with Crippen LogP contribution in [0.25, 0.3) is 0 Å². The van der Waals surface area contributed by atoms with Gasteiger partial charge in [0.15, 0.2) is 0 Å². The lowest BCUT2D eigenvalue weighted by atomic mass is 10.2. The first-order chi connectivity index (χ1) is 12.6. The summed E-state index contributed by atoms with van der Waals surface area (Å²) in [6.45, 7) is 1.22.